The molecule has 0 fully saturated rings. The third-order valence-electron chi connectivity index (χ3n) is 8.63. The lowest BCUT2D eigenvalue weighted by molar-refractivity contribution is 0.963. The quantitative estimate of drug-likeness (QED) is 0.126. The lowest BCUT2D eigenvalue weighted by Crippen LogP contribution is -2.06. The van der Waals surface area contributed by atoms with Crippen molar-refractivity contribution in [3.05, 3.63) is 175 Å². The molecule has 49 heavy (non-hydrogen) atoms. The Balaban J connectivity index is 1.14. The van der Waals surface area contributed by atoms with Gasteiger partial charge in [0, 0.05) is 28.0 Å². The summed E-state index contributed by atoms with van der Waals surface area (Å²) in [6.45, 7) is 6.32. The number of rotatable bonds is 8. The topological polar surface area (TPSA) is 63.4 Å². The molecule has 0 spiro atoms. The first-order valence-corrected chi connectivity index (χ1v) is 16.7. The van der Waals surface area contributed by atoms with Gasteiger partial charge in [-0.05, 0) is 54.9 Å². The largest absolute Gasteiger partial charge is 0.233 e. The van der Waals surface area contributed by atoms with Gasteiger partial charge in [-0.1, -0.05) is 152 Å². The van der Waals surface area contributed by atoms with E-state index >= 15 is 0 Å². The van der Waals surface area contributed by atoms with E-state index in [9.17, 15) is 0 Å². The molecule has 2 aliphatic rings. The van der Waals surface area contributed by atoms with E-state index in [1.54, 1.807) is 0 Å². The van der Waals surface area contributed by atoms with Crippen molar-refractivity contribution in [3.8, 4) is 45.3 Å². The fourth-order valence-electron chi connectivity index (χ4n) is 5.85. The van der Waals surface area contributed by atoms with Gasteiger partial charge in [0.1, 0.15) is 0 Å². The highest BCUT2D eigenvalue weighted by Crippen LogP contribution is 2.28. The van der Waals surface area contributed by atoms with Crippen LogP contribution in [-0.4, -0.2) is 26.5 Å². The minimum absolute atomic E-state index is 0.640. The summed E-state index contributed by atoms with van der Waals surface area (Å²) in [5.74, 6) is 2.65. The molecule has 0 bridgehead atoms. The first kappa shape index (κ1) is 31.5. The maximum absolute atomic E-state index is 5.03. The Morgan fingerprint density at radius 1 is 0.592 bits per heavy atom. The Labute approximate surface area is 288 Å². The van der Waals surface area contributed by atoms with E-state index in [1.807, 2.05) is 67.6 Å². The Morgan fingerprint density at radius 2 is 1.14 bits per heavy atom. The van der Waals surface area contributed by atoms with Crippen LogP contribution in [0.3, 0.4) is 0 Å². The summed E-state index contributed by atoms with van der Waals surface area (Å²) in [4.78, 5) is 24.5. The summed E-state index contributed by atoms with van der Waals surface area (Å²) in [6, 6.07) is 37.0. The molecule has 7 rings (SSSR count). The first-order chi connectivity index (χ1) is 24.1. The van der Waals surface area contributed by atoms with Gasteiger partial charge in [0.25, 0.3) is 0 Å². The number of aliphatic imine (C=N–C) groups is 2. The molecule has 5 nitrogen and oxygen atoms in total. The van der Waals surface area contributed by atoms with Crippen molar-refractivity contribution in [3.63, 3.8) is 0 Å². The summed E-state index contributed by atoms with van der Waals surface area (Å²) in [5.41, 5.74) is 9.99. The number of hydrogen-bond acceptors (Lipinski definition) is 4. The fraction of sp³-hybridized carbons (Fsp3) is 0.114. The van der Waals surface area contributed by atoms with Crippen molar-refractivity contribution < 1.29 is 0 Å². The zero-order valence-corrected chi connectivity index (χ0v) is 27.6. The normalized spacial score (nSPS) is 14.7. The molecule has 0 saturated heterocycles. The highest BCUT2D eigenvalue weighted by atomic mass is 15.0. The molecule has 1 heterocycles. The van der Waals surface area contributed by atoms with E-state index in [4.69, 9.17) is 24.9 Å². The van der Waals surface area contributed by atoms with E-state index in [1.165, 1.54) is 0 Å². The summed E-state index contributed by atoms with van der Waals surface area (Å²) < 4.78 is 0. The number of benzene rings is 4. The minimum Gasteiger partial charge on any atom is -0.233 e. The second kappa shape index (κ2) is 14.8. The minimum atomic E-state index is 0.640. The van der Waals surface area contributed by atoms with Crippen LogP contribution < -0.4 is 0 Å². The highest BCUT2D eigenvalue weighted by Gasteiger charge is 2.14. The maximum Gasteiger partial charge on any atom is 0.164 e. The molecule has 0 unspecified atom stereocenters. The van der Waals surface area contributed by atoms with Crippen LogP contribution in [-0.2, 0) is 0 Å². The Bertz CT molecular complexity index is 2090. The Hall–Kier alpha value is -6.07. The lowest BCUT2D eigenvalue weighted by atomic mass is 10.0. The predicted molar refractivity (Wildman–Crippen MR) is 203 cm³/mol. The van der Waals surface area contributed by atoms with E-state index in [0.717, 1.165) is 81.6 Å². The van der Waals surface area contributed by atoms with Gasteiger partial charge in [0.05, 0.1) is 5.70 Å². The smallest absolute Gasteiger partial charge is 0.164 e. The number of aromatic nitrogens is 3. The monoisotopic (exact) mass is 635 g/mol. The molecule has 238 valence electrons. The van der Waals surface area contributed by atoms with Gasteiger partial charge >= 0.3 is 0 Å². The fourth-order valence-corrected chi connectivity index (χ4v) is 5.85. The standard InChI is InChI=1S/C44H37N5/c1-31(33-15-7-3-8-16-33)45-41(37-17-9-4-10-18-37)46-32(2)34-23-25-35(26-24-34)36-27-29-40(30-28-36)44-48-42(38-19-11-5-12-20-38)47-43(49-44)39-21-13-6-14-22-39/h3,5-7,9,11-15,17-30H,1,4,8,10,16H2,2H3/b45-41-,46-32+. The molecular weight excluding hydrogens is 599 g/mol. The van der Waals surface area contributed by atoms with Crippen molar-refractivity contribution in [1.82, 2.24) is 15.0 Å². The molecule has 2 aliphatic carbocycles. The molecule has 4 aromatic carbocycles. The third-order valence-corrected chi connectivity index (χ3v) is 8.63. The van der Waals surface area contributed by atoms with Crippen LogP contribution in [0.2, 0.25) is 0 Å². The SMILES string of the molecule is C=C(/N=C(\N=C(/C)c1ccc(-c2ccc(-c3nc(-c4ccccc4)nc(-c4ccccc4)n3)cc2)cc1)C1=CCCC=C1)C1=CC=CCC1. The molecule has 0 N–H and O–H groups in total. The van der Waals surface area contributed by atoms with Gasteiger partial charge in [-0.25, -0.2) is 24.9 Å². The van der Waals surface area contributed by atoms with E-state index in [0.29, 0.717) is 23.3 Å². The second-order valence-electron chi connectivity index (χ2n) is 12.1. The number of allylic oxidation sites excluding steroid dienone is 6. The van der Waals surface area contributed by atoms with Gasteiger partial charge in [-0.3, -0.25) is 0 Å². The molecule has 5 heteroatoms. The summed E-state index contributed by atoms with van der Waals surface area (Å²) >= 11 is 0. The van der Waals surface area contributed by atoms with Gasteiger partial charge in [-0.2, -0.15) is 0 Å². The molecule has 0 radical (unpaired) electrons. The van der Waals surface area contributed by atoms with Crippen LogP contribution >= 0.6 is 0 Å². The van der Waals surface area contributed by atoms with Crippen molar-refractivity contribution >= 4 is 11.5 Å². The van der Waals surface area contributed by atoms with Crippen molar-refractivity contribution in [2.24, 2.45) is 9.98 Å². The molecule has 0 atom stereocenters. The van der Waals surface area contributed by atoms with Gasteiger partial charge < -0.3 is 0 Å². The van der Waals surface area contributed by atoms with Crippen LogP contribution in [0.25, 0.3) is 45.3 Å². The van der Waals surface area contributed by atoms with Crippen molar-refractivity contribution in [2.45, 2.75) is 32.6 Å². The van der Waals surface area contributed by atoms with E-state index in [2.05, 4.69) is 91.6 Å². The molecule has 1 aromatic heterocycles. The number of amidine groups is 1. The van der Waals surface area contributed by atoms with Gasteiger partial charge in [0.2, 0.25) is 0 Å². The zero-order valence-electron chi connectivity index (χ0n) is 27.6. The molecular formula is C44H37N5. The summed E-state index contributed by atoms with van der Waals surface area (Å²) in [6.07, 6.45) is 16.9. The van der Waals surface area contributed by atoms with Gasteiger partial charge in [-0.15, -0.1) is 0 Å². The zero-order chi connectivity index (χ0) is 33.4. The van der Waals surface area contributed by atoms with Crippen molar-refractivity contribution in [1.29, 1.82) is 0 Å². The van der Waals surface area contributed by atoms with Crippen LogP contribution in [0.5, 0.6) is 0 Å². The predicted octanol–water partition coefficient (Wildman–Crippen LogP) is 10.8. The highest BCUT2D eigenvalue weighted by molar-refractivity contribution is 6.13. The average Bonchev–Trinajstić information content (AvgIpc) is 3.19. The third kappa shape index (κ3) is 7.58. The maximum atomic E-state index is 5.03. The molecule has 0 amide bonds. The first-order valence-electron chi connectivity index (χ1n) is 16.7. The van der Waals surface area contributed by atoms with Crippen LogP contribution in [0, 0.1) is 0 Å². The second-order valence-corrected chi connectivity index (χ2v) is 12.1. The van der Waals surface area contributed by atoms with Crippen molar-refractivity contribution in [2.75, 3.05) is 0 Å². The Morgan fingerprint density at radius 3 is 1.67 bits per heavy atom. The molecule has 0 aliphatic heterocycles. The average molecular weight is 636 g/mol. The summed E-state index contributed by atoms with van der Waals surface area (Å²) in [5, 5.41) is 0. The van der Waals surface area contributed by atoms with E-state index in [-0.39, 0.29) is 0 Å². The Kier molecular flexibility index (Phi) is 9.51. The summed E-state index contributed by atoms with van der Waals surface area (Å²) in [7, 11) is 0. The molecule has 5 aromatic rings. The van der Waals surface area contributed by atoms with E-state index < -0.39 is 0 Å². The lowest BCUT2D eigenvalue weighted by Gasteiger charge is -2.12. The van der Waals surface area contributed by atoms with Crippen LogP contribution in [0.4, 0.5) is 0 Å². The molecule has 0 saturated carbocycles. The van der Waals surface area contributed by atoms with Gasteiger partial charge in [0.15, 0.2) is 23.3 Å². The van der Waals surface area contributed by atoms with Crippen LogP contribution in [0.1, 0.15) is 38.2 Å². The van der Waals surface area contributed by atoms with Crippen LogP contribution in [0.15, 0.2) is 179 Å². The number of hydrogen-bond donors (Lipinski definition) is 0. The number of nitrogens with zero attached hydrogens (tertiary/aromatic N) is 5.